The van der Waals surface area contributed by atoms with E-state index in [-0.39, 0.29) is 16.1 Å². The summed E-state index contributed by atoms with van der Waals surface area (Å²) in [6, 6.07) is 3.03. The number of rotatable bonds is 3. The highest BCUT2D eigenvalue weighted by molar-refractivity contribution is 7.09. The highest BCUT2D eigenvalue weighted by Gasteiger charge is 2.12. The van der Waals surface area contributed by atoms with E-state index >= 15 is 0 Å². The summed E-state index contributed by atoms with van der Waals surface area (Å²) in [5.41, 5.74) is 1.61. The van der Waals surface area contributed by atoms with Gasteiger partial charge in [0, 0.05) is 11.1 Å². The Kier molecular flexibility index (Phi) is 4.10. The second kappa shape index (κ2) is 5.43. The zero-order valence-electron chi connectivity index (χ0n) is 9.80. The molecule has 2 aromatic rings. The first-order valence-electron chi connectivity index (χ1n) is 5.30. The fraction of sp³-hybridized carbons (Fsp3) is 0.250. The number of aromatic nitrogens is 1. The molecule has 0 spiro atoms. The smallest absolute Gasteiger partial charge is 0.160 e. The van der Waals surface area contributed by atoms with Gasteiger partial charge >= 0.3 is 0 Å². The second-order valence-electron chi connectivity index (χ2n) is 3.91. The largest absolute Gasteiger partial charge is 0.377 e. The standard InChI is InChI=1S/C12H11Cl2FN2S/c1-6(11-5-18-7(2)17-11)16-8-3-9(13)12(15)10(14)4-8/h3-6,16H,1-2H3. The van der Waals surface area contributed by atoms with E-state index in [1.54, 1.807) is 11.3 Å². The summed E-state index contributed by atoms with van der Waals surface area (Å²) in [5.74, 6) is -0.596. The van der Waals surface area contributed by atoms with E-state index in [0.29, 0.717) is 5.69 Å². The Bertz CT molecular complexity index is 548. The summed E-state index contributed by atoms with van der Waals surface area (Å²) in [6.45, 7) is 3.92. The quantitative estimate of drug-likeness (QED) is 0.801. The minimum absolute atomic E-state index is 0.00617. The molecular weight excluding hydrogens is 294 g/mol. The van der Waals surface area contributed by atoms with Crippen LogP contribution in [0.5, 0.6) is 0 Å². The molecular formula is C12H11Cl2FN2S. The van der Waals surface area contributed by atoms with Gasteiger partial charge in [-0.25, -0.2) is 9.37 Å². The van der Waals surface area contributed by atoms with Crippen LogP contribution in [0, 0.1) is 12.7 Å². The molecule has 18 heavy (non-hydrogen) atoms. The van der Waals surface area contributed by atoms with E-state index < -0.39 is 5.82 Å². The predicted molar refractivity (Wildman–Crippen MR) is 75.3 cm³/mol. The Morgan fingerprint density at radius 1 is 1.33 bits per heavy atom. The lowest BCUT2D eigenvalue weighted by Gasteiger charge is -2.14. The second-order valence-corrected chi connectivity index (χ2v) is 5.79. The van der Waals surface area contributed by atoms with Gasteiger partial charge in [0.05, 0.1) is 26.8 Å². The SMILES string of the molecule is Cc1nc(C(C)Nc2cc(Cl)c(F)c(Cl)c2)cs1. The van der Waals surface area contributed by atoms with Crippen molar-refractivity contribution in [2.75, 3.05) is 5.32 Å². The molecule has 0 fully saturated rings. The van der Waals surface area contributed by atoms with Gasteiger partial charge in [-0.05, 0) is 26.0 Å². The molecule has 0 saturated carbocycles. The number of nitrogens with zero attached hydrogens (tertiary/aromatic N) is 1. The van der Waals surface area contributed by atoms with Crippen molar-refractivity contribution in [1.29, 1.82) is 0 Å². The molecule has 2 nitrogen and oxygen atoms in total. The topological polar surface area (TPSA) is 24.9 Å². The fourth-order valence-corrected chi connectivity index (χ4v) is 2.74. The van der Waals surface area contributed by atoms with Gasteiger partial charge in [0.2, 0.25) is 0 Å². The van der Waals surface area contributed by atoms with E-state index in [9.17, 15) is 4.39 Å². The maximum atomic E-state index is 13.3. The van der Waals surface area contributed by atoms with Crippen LogP contribution in [0.3, 0.4) is 0 Å². The maximum Gasteiger partial charge on any atom is 0.160 e. The zero-order chi connectivity index (χ0) is 13.3. The Balaban J connectivity index is 2.19. The van der Waals surface area contributed by atoms with Crippen molar-refractivity contribution in [3.63, 3.8) is 0 Å². The van der Waals surface area contributed by atoms with E-state index in [0.717, 1.165) is 10.7 Å². The van der Waals surface area contributed by atoms with Gasteiger partial charge in [-0.2, -0.15) is 0 Å². The number of hydrogen-bond donors (Lipinski definition) is 1. The van der Waals surface area contributed by atoms with Crippen LogP contribution in [0.1, 0.15) is 23.7 Å². The van der Waals surface area contributed by atoms with Crippen LogP contribution in [0.15, 0.2) is 17.5 Å². The number of nitrogens with one attached hydrogen (secondary N) is 1. The Morgan fingerprint density at radius 2 is 1.94 bits per heavy atom. The molecule has 0 aliphatic carbocycles. The van der Waals surface area contributed by atoms with Crippen LogP contribution in [-0.2, 0) is 0 Å². The Hall–Kier alpha value is -0.840. The van der Waals surface area contributed by atoms with Crippen LogP contribution in [-0.4, -0.2) is 4.98 Å². The van der Waals surface area contributed by atoms with Crippen molar-refractivity contribution in [2.24, 2.45) is 0 Å². The van der Waals surface area contributed by atoms with Crippen LogP contribution in [0.2, 0.25) is 10.0 Å². The highest BCUT2D eigenvalue weighted by Crippen LogP contribution is 2.29. The van der Waals surface area contributed by atoms with Crippen LogP contribution < -0.4 is 5.32 Å². The first-order valence-corrected chi connectivity index (χ1v) is 6.94. The lowest BCUT2D eigenvalue weighted by molar-refractivity contribution is 0.628. The number of anilines is 1. The normalized spacial score (nSPS) is 12.5. The predicted octanol–water partition coefficient (Wildman–Crippen LogP) is 5.07. The third-order valence-corrected chi connectivity index (χ3v) is 3.79. The first-order chi connectivity index (χ1) is 8.47. The van der Waals surface area contributed by atoms with Crippen LogP contribution in [0.4, 0.5) is 10.1 Å². The summed E-state index contributed by atoms with van der Waals surface area (Å²) in [6.07, 6.45) is 0. The van der Waals surface area contributed by atoms with Crippen molar-refractivity contribution >= 4 is 40.2 Å². The summed E-state index contributed by atoms with van der Waals surface area (Å²) in [5, 5.41) is 6.20. The molecule has 2 rings (SSSR count). The lowest BCUT2D eigenvalue weighted by atomic mass is 10.2. The van der Waals surface area contributed by atoms with Crippen molar-refractivity contribution in [3.05, 3.63) is 44.1 Å². The molecule has 0 bridgehead atoms. The molecule has 0 aliphatic rings. The summed E-state index contributed by atoms with van der Waals surface area (Å²) in [4.78, 5) is 4.39. The Morgan fingerprint density at radius 3 is 2.44 bits per heavy atom. The van der Waals surface area contributed by atoms with Crippen molar-refractivity contribution < 1.29 is 4.39 Å². The average Bonchev–Trinajstić information content (AvgIpc) is 2.72. The highest BCUT2D eigenvalue weighted by atomic mass is 35.5. The number of halogens is 3. The molecule has 1 aromatic carbocycles. The third-order valence-electron chi connectivity index (χ3n) is 2.45. The molecule has 1 unspecified atom stereocenters. The number of benzene rings is 1. The molecule has 0 aliphatic heterocycles. The summed E-state index contributed by atoms with van der Waals surface area (Å²) in [7, 11) is 0. The molecule has 96 valence electrons. The van der Waals surface area contributed by atoms with Crippen molar-refractivity contribution in [1.82, 2.24) is 4.98 Å². The van der Waals surface area contributed by atoms with E-state index in [1.807, 2.05) is 19.2 Å². The monoisotopic (exact) mass is 304 g/mol. The average molecular weight is 305 g/mol. The Labute approximate surface area is 119 Å². The third kappa shape index (κ3) is 2.94. The van der Waals surface area contributed by atoms with Gasteiger partial charge in [0.25, 0.3) is 0 Å². The van der Waals surface area contributed by atoms with Gasteiger partial charge in [-0.1, -0.05) is 23.2 Å². The van der Waals surface area contributed by atoms with E-state index in [4.69, 9.17) is 23.2 Å². The van der Waals surface area contributed by atoms with Crippen LogP contribution in [0.25, 0.3) is 0 Å². The van der Waals surface area contributed by atoms with Crippen molar-refractivity contribution in [3.8, 4) is 0 Å². The van der Waals surface area contributed by atoms with Gasteiger partial charge < -0.3 is 5.32 Å². The van der Waals surface area contributed by atoms with Crippen molar-refractivity contribution in [2.45, 2.75) is 19.9 Å². The lowest BCUT2D eigenvalue weighted by Crippen LogP contribution is -2.07. The molecule has 0 amide bonds. The molecule has 0 saturated heterocycles. The summed E-state index contributed by atoms with van der Waals surface area (Å²) < 4.78 is 13.3. The zero-order valence-corrected chi connectivity index (χ0v) is 12.1. The van der Waals surface area contributed by atoms with Crippen LogP contribution >= 0.6 is 34.5 Å². The van der Waals surface area contributed by atoms with Gasteiger partial charge in [-0.3, -0.25) is 0 Å². The molecule has 1 atom stereocenters. The fourth-order valence-electron chi connectivity index (χ4n) is 1.54. The van der Waals surface area contributed by atoms with E-state index in [2.05, 4.69) is 10.3 Å². The minimum atomic E-state index is -0.596. The molecule has 1 aromatic heterocycles. The molecule has 1 heterocycles. The number of aryl methyl sites for hydroxylation is 1. The van der Waals surface area contributed by atoms with Gasteiger partial charge in [-0.15, -0.1) is 11.3 Å². The summed E-state index contributed by atoms with van der Waals surface area (Å²) >= 11 is 13.1. The molecule has 1 N–H and O–H groups in total. The molecule has 0 radical (unpaired) electrons. The molecule has 6 heteroatoms. The number of hydrogen-bond acceptors (Lipinski definition) is 3. The minimum Gasteiger partial charge on any atom is -0.377 e. The van der Waals surface area contributed by atoms with Gasteiger partial charge in [0.1, 0.15) is 0 Å². The number of thiazole rings is 1. The first kappa shape index (κ1) is 13.6. The van der Waals surface area contributed by atoms with Gasteiger partial charge in [0.15, 0.2) is 5.82 Å². The van der Waals surface area contributed by atoms with E-state index in [1.165, 1.54) is 12.1 Å². The maximum absolute atomic E-state index is 13.3.